The molecule has 0 aliphatic heterocycles. The predicted molar refractivity (Wildman–Crippen MR) is 174 cm³/mol. The molecule has 1 heterocycles. The van der Waals surface area contributed by atoms with Crippen molar-refractivity contribution in [2.75, 3.05) is 26.7 Å². The van der Waals surface area contributed by atoms with Crippen molar-refractivity contribution in [1.82, 2.24) is 20.2 Å². The second-order valence-electron chi connectivity index (χ2n) is 12.8. The number of methoxy groups -OCH3 is 1. The molecule has 0 radical (unpaired) electrons. The van der Waals surface area contributed by atoms with Crippen molar-refractivity contribution < 1.29 is 23.8 Å². The van der Waals surface area contributed by atoms with Crippen LogP contribution in [0.3, 0.4) is 0 Å². The number of imidazole rings is 1. The Kier molecular flexibility index (Phi) is 9.99. The molecule has 0 aliphatic carbocycles. The molecule has 44 heavy (non-hydrogen) atoms. The SMILES string of the molecule is COc1ccccc1-c1nc2c(C)cc(-c3cccc(CN(CCNCC(=O)OC(C)(C)C)C(=O)OC(C)(C)C)c3)cc2[nH]1. The smallest absolute Gasteiger partial charge is 0.410 e. The minimum absolute atomic E-state index is 0.0586. The van der Waals surface area contributed by atoms with E-state index in [2.05, 4.69) is 41.5 Å². The number of rotatable bonds is 10. The molecule has 0 fully saturated rings. The fourth-order valence-electron chi connectivity index (χ4n) is 4.84. The Labute approximate surface area is 259 Å². The lowest BCUT2D eigenvalue weighted by atomic mass is 10.00. The van der Waals surface area contributed by atoms with Gasteiger partial charge in [0, 0.05) is 19.6 Å². The van der Waals surface area contributed by atoms with Crippen molar-refractivity contribution in [3.63, 3.8) is 0 Å². The number of aryl methyl sites for hydroxylation is 1. The maximum atomic E-state index is 13.2. The highest BCUT2D eigenvalue weighted by Crippen LogP contribution is 2.32. The topological polar surface area (TPSA) is 106 Å². The van der Waals surface area contributed by atoms with Crippen LogP contribution in [-0.2, 0) is 20.8 Å². The van der Waals surface area contributed by atoms with E-state index in [1.165, 1.54) is 0 Å². The number of para-hydroxylation sites is 1. The van der Waals surface area contributed by atoms with Crippen LogP contribution >= 0.6 is 0 Å². The summed E-state index contributed by atoms with van der Waals surface area (Å²) in [6.45, 7) is 14.2. The van der Waals surface area contributed by atoms with Crippen LogP contribution in [0.2, 0.25) is 0 Å². The van der Waals surface area contributed by atoms with Crippen LogP contribution in [0.4, 0.5) is 4.79 Å². The minimum atomic E-state index is -0.638. The van der Waals surface area contributed by atoms with Gasteiger partial charge in [0.05, 0.1) is 30.3 Å². The lowest BCUT2D eigenvalue weighted by molar-refractivity contribution is -0.153. The van der Waals surface area contributed by atoms with E-state index in [0.717, 1.165) is 50.4 Å². The van der Waals surface area contributed by atoms with Gasteiger partial charge in [-0.25, -0.2) is 9.78 Å². The Bertz CT molecular complexity index is 1610. The molecule has 234 valence electrons. The Morgan fingerprint density at radius 3 is 2.34 bits per heavy atom. The third kappa shape index (κ3) is 8.83. The van der Waals surface area contributed by atoms with Crippen LogP contribution in [0.1, 0.15) is 52.7 Å². The Morgan fingerprint density at radius 1 is 0.909 bits per heavy atom. The standard InChI is InChI=1S/C35H44N4O5/c1-23-18-26(20-28-31(23)38-32(37-28)27-14-9-10-15-29(27)42-8)25-13-11-12-24(19-25)22-39(33(41)44-35(5,6)7)17-16-36-21-30(40)43-34(2,3)4/h9-15,18-20,36H,16-17,21-22H2,1-8H3,(H,37,38). The molecule has 0 spiro atoms. The van der Waals surface area contributed by atoms with E-state index < -0.39 is 17.3 Å². The number of nitrogens with zero attached hydrogens (tertiary/aromatic N) is 2. The van der Waals surface area contributed by atoms with Crippen LogP contribution in [0.15, 0.2) is 60.7 Å². The number of hydrogen-bond acceptors (Lipinski definition) is 7. The highest BCUT2D eigenvalue weighted by molar-refractivity contribution is 5.88. The van der Waals surface area contributed by atoms with Gasteiger partial charge < -0.3 is 29.4 Å². The quantitative estimate of drug-likeness (QED) is 0.151. The van der Waals surface area contributed by atoms with Gasteiger partial charge in [-0.1, -0.05) is 30.3 Å². The Hall–Kier alpha value is -4.37. The van der Waals surface area contributed by atoms with Gasteiger partial charge in [-0.05, 0) is 101 Å². The summed E-state index contributed by atoms with van der Waals surface area (Å²) in [5.41, 5.74) is 5.61. The van der Waals surface area contributed by atoms with E-state index in [1.54, 1.807) is 12.0 Å². The second-order valence-corrected chi connectivity index (χ2v) is 12.8. The molecule has 0 saturated heterocycles. The van der Waals surface area contributed by atoms with Crippen molar-refractivity contribution >= 4 is 23.1 Å². The first-order chi connectivity index (χ1) is 20.7. The molecule has 3 aromatic carbocycles. The second kappa shape index (κ2) is 13.5. The van der Waals surface area contributed by atoms with E-state index in [1.807, 2.05) is 77.9 Å². The third-order valence-electron chi connectivity index (χ3n) is 6.67. The highest BCUT2D eigenvalue weighted by Gasteiger charge is 2.23. The normalized spacial score (nSPS) is 11.8. The molecule has 0 atom stereocenters. The number of aromatic amines is 1. The monoisotopic (exact) mass is 600 g/mol. The van der Waals surface area contributed by atoms with Gasteiger partial charge in [-0.2, -0.15) is 0 Å². The Morgan fingerprint density at radius 2 is 1.64 bits per heavy atom. The summed E-state index contributed by atoms with van der Waals surface area (Å²) in [5, 5.41) is 3.08. The number of hydrogen-bond donors (Lipinski definition) is 2. The molecule has 0 bridgehead atoms. The number of ether oxygens (including phenoxy) is 3. The average Bonchev–Trinajstić information content (AvgIpc) is 3.38. The zero-order valence-corrected chi connectivity index (χ0v) is 27.0. The van der Waals surface area contributed by atoms with Crippen LogP contribution < -0.4 is 10.1 Å². The summed E-state index contributed by atoms with van der Waals surface area (Å²) >= 11 is 0. The molecule has 1 aromatic heterocycles. The van der Waals surface area contributed by atoms with Gasteiger partial charge in [0.2, 0.25) is 0 Å². The number of carbonyl (C=O) groups is 2. The highest BCUT2D eigenvalue weighted by atomic mass is 16.6. The van der Waals surface area contributed by atoms with Gasteiger partial charge in [0.25, 0.3) is 0 Å². The maximum absolute atomic E-state index is 13.2. The van der Waals surface area contributed by atoms with Crippen molar-refractivity contribution in [3.05, 3.63) is 71.8 Å². The van der Waals surface area contributed by atoms with Crippen LogP contribution in [0.25, 0.3) is 33.5 Å². The van der Waals surface area contributed by atoms with Gasteiger partial charge in [-0.3, -0.25) is 4.79 Å². The number of carbonyl (C=O) groups excluding carboxylic acids is 2. The average molecular weight is 601 g/mol. The number of aromatic nitrogens is 2. The van der Waals surface area contributed by atoms with Crippen molar-refractivity contribution in [2.45, 2.75) is 66.2 Å². The zero-order chi connectivity index (χ0) is 32.1. The van der Waals surface area contributed by atoms with Crippen LogP contribution in [-0.4, -0.2) is 64.9 Å². The molecule has 9 heteroatoms. The first-order valence-electron chi connectivity index (χ1n) is 14.9. The molecule has 9 nitrogen and oxygen atoms in total. The van der Waals surface area contributed by atoms with E-state index in [4.69, 9.17) is 19.2 Å². The van der Waals surface area contributed by atoms with Gasteiger partial charge in [-0.15, -0.1) is 0 Å². The molecule has 0 unspecified atom stereocenters. The summed E-state index contributed by atoms with van der Waals surface area (Å²) in [7, 11) is 1.66. The van der Waals surface area contributed by atoms with Crippen LogP contribution in [0.5, 0.6) is 5.75 Å². The van der Waals surface area contributed by atoms with E-state index in [-0.39, 0.29) is 12.5 Å². The fourth-order valence-corrected chi connectivity index (χ4v) is 4.84. The van der Waals surface area contributed by atoms with Crippen molar-refractivity contribution in [2.24, 2.45) is 0 Å². The van der Waals surface area contributed by atoms with Crippen molar-refractivity contribution in [1.29, 1.82) is 0 Å². The van der Waals surface area contributed by atoms with Crippen LogP contribution in [0, 0.1) is 6.92 Å². The minimum Gasteiger partial charge on any atom is -0.496 e. The summed E-state index contributed by atoms with van der Waals surface area (Å²) in [4.78, 5) is 35.2. The number of H-pyrrole nitrogens is 1. The summed E-state index contributed by atoms with van der Waals surface area (Å²) in [5.74, 6) is 1.17. The lowest BCUT2D eigenvalue weighted by Gasteiger charge is -2.28. The predicted octanol–water partition coefficient (Wildman–Crippen LogP) is 6.88. The number of esters is 1. The number of nitrogens with one attached hydrogen (secondary N) is 2. The molecule has 1 amide bonds. The molecule has 4 aromatic rings. The molecule has 4 rings (SSSR count). The first kappa shape index (κ1) is 32.5. The largest absolute Gasteiger partial charge is 0.496 e. The maximum Gasteiger partial charge on any atom is 0.410 e. The summed E-state index contributed by atoms with van der Waals surface area (Å²) in [6, 6.07) is 20.2. The zero-order valence-electron chi connectivity index (χ0n) is 27.0. The summed E-state index contributed by atoms with van der Waals surface area (Å²) in [6.07, 6.45) is -0.416. The van der Waals surface area contributed by atoms with Gasteiger partial charge in [0.1, 0.15) is 22.8 Å². The molecule has 0 saturated carbocycles. The molecular formula is C35H44N4O5. The number of fused-ring (bicyclic) bond motifs is 1. The number of benzene rings is 3. The van der Waals surface area contributed by atoms with E-state index in [9.17, 15) is 9.59 Å². The van der Waals surface area contributed by atoms with E-state index in [0.29, 0.717) is 19.6 Å². The molecular weight excluding hydrogens is 556 g/mol. The number of amides is 1. The van der Waals surface area contributed by atoms with E-state index >= 15 is 0 Å². The van der Waals surface area contributed by atoms with Gasteiger partial charge in [0.15, 0.2) is 0 Å². The lowest BCUT2D eigenvalue weighted by Crippen LogP contribution is -2.41. The Balaban J connectivity index is 1.54. The fraction of sp³-hybridized carbons (Fsp3) is 0.400. The summed E-state index contributed by atoms with van der Waals surface area (Å²) < 4.78 is 16.6. The van der Waals surface area contributed by atoms with Gasteiger partial charge >= 0.3 is 12.1 Å². The van der Waals surface area contributed by atoms with Crippen molar-refractivity contribution in [3.8, 4) is 28.3 Å². The first-order valence-corrected chi connectivity index (χ1v) is 14.9. The molecule has 0 aliphatic rings. The third-order valence-corrected chi connectivity index (χ3v) is 6.67. The molecule has 2 N–H and O–H groups in total.